The van der Waals surface area contributed by atoms with Gasteiger partial charge in [0.15, 0.2) is 0 Å². The zero-order chi connectivity index (χ0) is 11.1. The van der Waals surface area contributed by atoms with Gasteiger partial charge in [0.25, 0.3) is 0 Å². The second-order valence-electron chi connectivity index (χ2n) is 4.12. The van der Waals surface area contributed by atoms with Gasteiger partial charge in [0.2, 0.25) is 0 Å². The SMILES string of the molecule is CCNC(COC)CN1CCC(OC)C1. The Balaban J connectivity index is 2.25. The summed E-state index contributed by atoms with van der Waals surface area (Å²) in [5.41, 5.74) is 0. The summed E-state index contributed by atoms with van der Waals surface area (Å²) in [6, 6.07) is 0.440. The van der Waals surface area contributed by atoms with E-state index < -0.39 is 0 Å². The Morgan fingerprint density at radius 3 is 2.80 bits per heavy atom. The first kappa shape index (κ1) is 12.9. The van der Waals surface area contributed by atoms with E-state index in [1.165, 1.54) is 0 Å². The van der Waals surface area contributed by atoms with Crippen LogP contribution in [0.15, 0.2) is 0 Å². The average Bonchev–Trinajstić information content (AvgIpc) is 2.66. The zero-order valence-corrected chi connectivity index (χ0v) is 10.2. The van der Waals surface area contributed by atoms with E-state index in [0.717, 1.165) is 39.2 Å². The van der Waals surface area contributed by atoms with Crippen molar-refractivity contribution in [1.29, 1.82) is 0 Å². The lowest BCUT2D eigenvalue weighted by atomic mass is 10.3. The third-order valence-electron chi connectivity index (χ3n) is 2.90. The molecule has 1 saturated heterocycles. The van der Waals surface area contributed by atoms with Crippen LogP contribution in [-0.4, -0.2) is 64.1 Å². The minimum Gasteiger partial charge on any atom is -0.383 e. The zero-order valence-electron chi connectivity index (χ0n) is 10.2. The normalized spacial score (nSPS) is 24.6. The average molecular weight is 216 g/mol. The molecule has 1 N–H and O–H groups in total. The second kappa shape index (κ2) is 7.17. The molecule has 1 rings (SSSR count). The molecule has 1 aliphatic rings. The van der Waals surface area contributed by atoms with Gasteiger partial charge in [0.1, 0.15) is 0 Å². The minimum absolute atomic E-state index is 0.426. The van der Waals surface area contributed by atoms with Gasteiger partial charge in [0, 0.05) is 39.9 Å². The fourth-order valence-corrected chi connectivity index (χ4v) is 2.13. The molecule has 1 heterocycles. The first-order valence-electron chi connectivity index (χ1n) is 5.77. The molecule has 15 heavy (non-hydrogen) atoms. The number of rotatable bonds is 7. The molecule has 0 aromatic rings. The van der Waals surface area contributed by atoms with E-state index in [9.17, 15) is 0 Å². The molecule has 0 aliphatic carbocycles. The van der Waals surface area contributed by atoms with E-state index in [4.69, 9.17) is 9.47 Å². The molecule has 2 unspecified atom stereocenters. The first-order chi connectivity index (χ1) is 7.30. The van der Waals surface area contributed by atoms with Crippen molar-refractivity contribution in [1.82, 2.24) is 10.2 Å². The molecular weight excluding hydrogens is 192 g/mol. The maximum absolute atomic E-state index is 5.35. The van der Waals surface area contributed by atoms with E-state index in [1.807, 2.05) is 0 Å². The van der Waals surface area contributed by atoms with Crippen molar-refractivity contribution >= 4 is 0 Å². The van der Waals surface area contributed by atoms with E-state index in [2.05, 4.69) is 17.1 Å². The molecule has 0 radical (unpaired) electrons. The standard InChI is InChI=1S/C11H24N2O2/c1-4-12-10(9-14-2)7-13-6-5-11(8-13)15-3/h10-12H,4-9H2,1-3H3. The summed E-state index contributed by atoms with van der Waals surface area (Å²) < 4.78 is 10.5. The summed E-state index contributed by atoms with van der Waals surface area (Å²) in [6.45, 7) is 7.16. The van der Waals surface area contributed by atoms with Crippen LogP contribution in [0.4, 0.5) is 0 Å². The predicted molar refractivity (Wildman–Crippen MR) is 61.2 cm³/mol. The number of hydrogen-bond acceptors (Lipinski definition) is 4. The number of ether oxygens (including phenoxy) is 2. The summed E-state index contributed by atoms with van der Waals surface area (Å²) in [4.78, 5) is 2.44. The summed E-state index contributed by atoms with van der Waals surface area (Å²) in [5.74, 6) is 0. The van der Waals surface area contributed by atoms with Gasteiger partial charge in [-0.25, -0.2) is 0 Å². The molecule has 2 atom stereocenters. The van der Waals surface area contributed by atoms with E-state index in [-0.39, 0.29) is 0 Å². The van der Waals surface area contributed by atoms with Crippen molar-refractivity contribution in [2.24, 2.45) is 0 Å². The van der Waals surface area contributed by atoms with Gasteiger partial charge in [0.05, 0.1) is 12.7 Å². The van der Waals surface area contributed by atoms with E-state index in [1.54, 1.807) is 14.2 Å². The first-order valence-corrected chi connectivity index (χ1v) is 5.77. The van der Waals surface area contributed by atoms with Crippen molar-refractivity contribution in [3.8, 4) is 0 Å². The molecule has 1 fully saturated rings. The maximum Gasteiger partial charge on any atom is 0.0710 e. The van der Waals surface area contributed by atoms with Gasteiger partial charge < -0.3 is 14.8 Å². The number of likely N-dealkylation sites (N-methyl/N-ethyl adjacent to an activating group) is 1. The van der Waals surface area contributed by atoms with Crippen LogP contribution in [0.5, 0.6) is 0 Å². The Kier molecular flexibility index (Phi) is 6.17. The van der Waals surface area contributed by atoms with E-state index >= 15 is 0 Å². The molecule has 90 valence electrons. The van der Waals surface area contributed by atoms with Crippen LogP contribution in [0.3, 0.4) is 0 Å². The number of hydrogen-bond donors (Lipinski definition) is 1. The topological polar surface area (TPSA) is 33.7 Å². The van der Waals surface area contributed by atoms with Crippen LogP contribution in [-0.2, 0) is 9.47 Å². The molecule has 0 amide bonds. The lowest BCUT2D eigenvalue weighted by Gasteiger charge is -2.23. The smallest absolute Gasteiger partial charge is 0.0710 e. The van der Waals surface area contributed by atoms with Gasteiger partial charge in [-0.2, -0.15) is 0 Å². The number of likely N-dealkylation sites (tertiary alicyclic amines) is 1. The third kappa shape index (κ3) is 4.47. The highest BCUT2D eigenvalue weighted by atomic mass is 16.5. The molecule has 4 heteroatoms. The highest BCUT2D eigenvalue weighted by molar-refractivity contribution is 4.80. The number of nitrogens with zero attached hydrogens (tertiary/aromatic N) is 1. The van der Waals surface area contributed by atoms with Gasteiger partial charge >= 0.3 is 0 Å². The van der Waals surface area contributed by atoms with Crippen molar-refractivity contribution in [3.05, 3.63) is 0 Å². The van der Waals surface area contributed by atoms with Gasteiger partial charge in [-0.1, -0.05) is 6.92 Å². The minimum atomic E-state index is 0.426. The molecule has 0 aromatic heterocycles. The van der Waals surface area contributed by atoms with Crippen molar-refractivity contribution in [3.63, 3.8) is 0 Å². The monoisotopic (exact) mass is 216 g/mol. The fraction of sp³-hybridized carbons (Fsp3) is 1.00. The Morgan fingerprint density at radius 2 is 2.27 bits per heavy atom. The Morgan fingerprint density at radius 1 is 1.47 bits per heavy atom. The lowest BCUT2D eigenvalue weighted by molar-refractivity contribution is 0.101. The van der Waals surface area contributed by atoms with Crippen LogP contribution in [0.1, 0.15) is 13.3 Å². The molecule has 0 aromatic carbocycles. The summed E-state index contributed by atoms with van der Waals surface area (Å²) in [7, 11) is 3.55. The van der Waals surface area contributed by atoms with Gasteiger partial charge in [-0.05, 0) is 13.0 Å². The maximum atomic E-state index is 5.35. The Labute approximate surface area is 92.9 Å². The molecule has 1 aliphatic heterocycles. The molecule has 0 spiro atoms. The Hall–Kier alpha value is -0.160. The van der Waals surface area contributed by atoms with Crippen LogP contribution in [0.25, 0.3) is 0 Å². The summed E-state index contributed by atoms with van der Waals surface area (Å²) in [6.07, 6.45) is 1.58. The van der Waals surface area contributed by atoms with Crippen LogP contribution in [0.2, 0.25) is 0 Å². The van der Waals surface area contributed by atoms with Gasteiger partial charge in [-0.15, -0.1) is 0 Å². The molecular formula is C11H24N2O2. The highest BCUT2D eigenvalue weighted by Crippen LogP contribution is 2.11. The molecule has 0 bridgehead atoms. The van der Waals surface area contributed by atoms with Crippen molar-refractivity contribution in [2.75, 3.05) is 47.0 Å². The van der Waals surface area contributed by atoms with Crippen LogP contribution >= 0.6 is 0 Å². The highest BCUT2D eigenvalue weighted by Gasteiger charge is 2.23. The largest absolute Gasteiger partial charge is 0.383 e. The fourth-order valence-electron chi connectivity index (χ4n) is 2.13. The van der Waals surface area contributed by atoms with Crippen LogP contribution < -0.4 is 5.32 Å². The van der Waals surface area contributed by atoms with Crippen molar-refractivity contribution in [2.45, 2.75) is 25.5 Å². The quantitative estimate of drug-likeness (QED) is 0.665. The number of methoxy groups -OCH3 is 2. The van der Waals surface area contributed by atoms with Crippen molar-refractivity contribution < 1.29 is 9.47 Å². The Bertz CT molecular complexity index is 161. The van der Waals surface area contributed by atoms with Gasteiger partial charge in [-0.3, -0.25) is 4.90 Å². The van der Waals surface area contributed by atoms with E-state index in [0.29, 0.717) is 12.1 Å². The molecule has 4 nitrogen and oxygen atoms in total. The lowest BCUT2D eigenvalue weighted by Crippen LogP contribution is -2.43. The summed E-state index contributed by atoms with van der Waals surface area (Å²) in [5, 5.41) is 3.44. The number of nitrogens with one attached hydrogen (secondary N) is 1. The third-order valence-corrected chi connectivity index (χ3v) is 2.90. The summed E-state index contributed by atoms with van der Waals surface area (Å²) >= 11 is 0. The second-order valence-corrected chi connectivity index (χ2v) is 4.12. The predicted octanol–water partition coefficient (Wildman–Crippen LogP) is 0.332. The molecule has 0 saturated carbocycles. The van der Waals surface area contributed by atoms with Crippen LogP contribution in [0, 0.1) is 0 Å².